The van der Waals surface area contributed by atoms with Crippen LogP contribution in [-0.2, 0) is 16.6 Å². The zero-order chi connectivity index (χ0) is 15.7. The molecule has 1 aliphatic carbocycles. The lowest BCUT2D eigenvalue weighted by Crippen LogP contribution is -2.32. The van der Waals surface area contributed by atoms with Crippen LogP contribution >= 0.6 is 11.6 Å². The van der Waals surface area contributed by atoms with E-state index in [1.54, 1.807) is 22.5 Å². The van der Waals surface area contributed by atoms with Crippen molar-refractivity contribution in [2.24, 2.45) is 0 Å². The fourth-order valence-electron chi connectivity index (χ4n) is 2.41. The van der Waals surface area contributed by atoms with Crippen molar-refractivity contribution in [1.29, 1.82) is 0 Å². The van der Waals surface area contributed by atoms with Crippen molar-refractivity contribution < 1.29 is 8.42 Å². The summed E-state index contributed by atoms with van der Waals surface area (Å²) < 4.78 is 27.4. The Morgan fingerprint density at radius 2 is 1.82 bits per heavy atom. The van der Waals surface area contributed by atoms with E-state index in [-0.39, 0.29) is 10.9 Å². The first-order valence-electron chi connectivity index (χ1n) is 7.30. The van der Waals surface area contributed by atoms with Crippen LogP contribution in [0, 0.1) is 6.92 Å². The Labute approximate surface area is 136 Å². The molecule has 2 aromatic rings. The Morgan fingerprint density at radius 3 is 2.41 bits per heavy atom. The van der Waals surface area contributed by atoms with Gasteiger partial charge in [-0.25, -0.2) is 8.42 Å². The van der Waals surface area contributed by atoms with Gasteiger partial charge in [0.25, 0.3) is 0 Å². The Kier molecular flexibility index (Phi) is 4.26. The molecule has 1 aliphatic rings. The molecule has 0 bridgehead atoms. The molecule has 3 rings (SSSR count). The van der Waals surface area contributed by atoms with Crippen molar-refractivity contribution in [1.82, 2.24) is 4.31 Å². The third-order valence-electron chi connectivity index (χ3n) is 3.82. The number of hydrogen-bond donors (Lipinski definition) is 0. The first kappa shape index (κ1) is 15.5. The van der Waals surface area contributed by atoms with Crippen molar-refractivity contribution in [2.75, 3.05) is 0 Å². The average Bonchev–Trinajstić information content (AvgIpc) is 3.31. The molecule has 5 heteroatoms. The van der Waals surface area contributed by atoms with E-state index in [4.69, 9.17) is 11.6 Å². The van der Waals surface area contributed by atoms with Crippen LogP contribution in [-0.4, -0.2) is 18.8 Å². The van der Waals surface area contributed by atoms with Gasteiger partial charge in [0, 0.05) is 17.6 Å². The molecule has 0 N–H and O–H groups in total. The van der Waals surface area contributed by atoms with Crippen molar-refractivity contribution in [3.05, 3.63) is 64.7 Å². The standard InChI is InChI=1S/C17H18ClNO2S/c1-13-5-7-14(8-6-13)12-19(16-9-10-16)22(20,21)17-4-2-3-15(18)11-17/h2-8,11,16H,9-10,12H2,1H3. The fourth-order valence-corrected chi connectivity index (χ4v) is 4.38. The summed E-state index contributed by atoms with van der Waals surface area (Å²) in [5, 5.41) is 0.437. The van der Waals surface area contributed by atoms with Crippen molar-refractivity contribution in [2.45, 2.75) is 37.2 Å². The number of benzene rings is 2. The Bertz CT molecular complexity index is 768. The molecule has 0 spiro atoms. The van der Waals surface area contributed by atoms with Crippen LogP contribution < -0.4 is 0 Å². The topological polar surface area (TPSA) is 37.4 Å². The van der Waals surface area contributed by atoms with Gasteiger partial charge in [0.05, 0.1) is 4.90 Å². The molecule has 0 atom stereocenters. The zero-order valence-electron chi connectivity index (χ0n) is 12.4. The van der Waals surface area contributed by atoms with Crippen LogP contribution in [0.1, 0.15) is 24.0 Å². The molecule has 2 aromatic carbocycles. The predicted octanol–water partition coefficient (Wildman–Crippen LogP) is 4.00. The number of rotatable bonds is 5. The van der Waals surface area contributed by atoms with Crippen molar-refractivity contribution in [3.8, 4) is 0 Å². The van der Waals surface area contributed by atoms with Gasteiger partial charge in [-0.15, -0.1) is 0 Å². The SMILES string of the molecule is Cc1ccc(CN(C2CC2)S(=O)(=O)c2cccc(Cl)c2)cc1. The highest BCUT2D eigenvalue weighted by molar-refractivity contribution is 7.89. The summed E-state index contributed by atoms with van der Waals surface area (Å²) in [5.41, 5.74) is 2.17. The summed E-state index contributed by atoms with van der Waals surface area (Å²) in [6.45, 7) is 2.42. The third kappa shape index (κ3) is 3.35. The molecule has 1 saturated carbocycles. The average molecular weight is 336 g/mol. The van der Waals surface area contributed by atoms with Crippen LogP contribution in [0.2, 0.25) is 5.02 Å². The highest BCUT2D eigenvalue weighted by Crippen LogP contribution is 2.34. The van der Waals surface area contributed by atoms with E-state index in [0.29, 0.717) is 11.6 Å². The smallest absolute Gasteiger partial charge is 0.207 e. The summed E-state index contributed by atoms with van der Waals surface area (Å²) in [4.78, 5) is 0.263. The summed E-state index contributed by atoms with van der Waals surface area (Å²) in [7, 11) is -3.52. The van der Waals surface area contributed by atoms with Crippen LogP contribution in [0.4, 0.5) is 0 Å². The third-order valence-corrected chi connectivity index (χ3v) is 5.95. The van der Waals surface area contributed by atoms with Crippen LogP contribution in [0.5, 0.6) is 0 Å². The lowest BCUT2D eigenvalue weighted by molar-refractivity contribution is 0.398. The summed E-state index contributed by atoms with van der Waals surface area (Å²) >= 11 is 5.95. The first-order chi connectivity index (χ1) is 10.5. The molecule has 0 saturated heterocycles. The van der Waals surface area contributed by atoms with E-state index in [1.807, 2.05) is 31.2 Å². The molecule has 0 heterocycles. The Balaban J connectivity index is 1.92. The second kappa shape index (κ2) is 6.03. The van der Waals surface area contributed by atoms with Gasteiger partial charge in [-0.2, -0.15) is 4.31 Å². The predicted molar refractivity (Wildman–Crippen MR) is 88.4 cm³/mol. The van der Waals surface area contributed by atoms with Crippen LogP contribution in [0.15, 0.2) is 53.4 Å². The second-order valence-electron chi connectivity index (χ2n) is 5.72. The lowest BCUT2D eigenvalue weighted by Gasteiger charge is -2.22. The molecule has 0 aliphatic heterocycles. The minimum absolute atomic E-state index is 0.102. The summed E-state index contributed by atoms with van der Waals surface area (Å²) in [5.74, 6) is 0. The van der Waals surface area contributed by atoms with E-state index in [2.05, 4.69) is 0 Å². The van der Waals surface area contributed by atoms with E-state index in [9.17, 15) is 8.42 Å². The maximum absolute atomic E-state index is 12.9. The minimum atomic E-state index is -3.52. The molecule has 0 amide bonds. The maximum atomic E-state index is 12.9. The molecule has 22 heavy (non-hydrogen) atoms. The summed E-state index contributed by atoms with van der Waals surface area (Å²) in [6, 6.07) is 14.6. The van der Waals surface area contributed by atoms with Gasteiger partial charge in [-0.1, -0.05) is 47.5 Å². The van der Waals surface area contributed by atoms with Gasteiger partial charge in [0.15, 0.2) is 0 Å². The monoisotopic (exact) mass is 335 g/mol. The van der Waals surface area contributed by atoms with E-state index >= 15 is 0 Å². The molecular formula is C17H18ClNO2S. The van der Waals surface area contributed by atoms with Gasteiger partial charge in [-0.3, -0.25) is 0 Å². The number of nitrogens with zero attached hydrogens (tertiary/aromatic N) is 1. The number of halogens is 1. The molecule has 116 valence electrons. The van der Waals surface area contributed by atoms with E-state index in [0.717, 1.165) is 18.4 Å². The van der Waals surface area contributed by atoms with Gasteiger partial charge < -0.3 is 0 Å². The largest absolute Gasteiger partial charge is 0.243 e. The van der Waals surface area contributed by atoms with Gasteiger partial charge in [-0.05, 0) is 43.5 Å². The highest BCUT2D eigenvalue weighted by Gasteiger charge is 2.38. The number of aryl methyl sites for hydroxylation is 1. The van der Waals surface area contributed by atoms with Crippen molar-refractivity contribution >= 4 is 21.6 Å². The zero-order valence-corrected chi connectivity index (χ0v) is 13.9. The second-order valence-corrected chi connectivity index (χ2v) is 8.05. The quantitative estimate of drug-likeness (QED) is 0.828. The molecule has 1 fully saturated rings. The fraction of sp³-hybridized carbons (Fsp3) is 0.294. The lowest BCUT2D eigenvalue weighted by atomic mass is 10.1. The Morgan fingerprint density at radius 1 is 1.14 bits per heavy atom. The molecule has 0 radical (unpaired) electrons. The molecule has 0 aromatic heterocycles. The molecule has 0 unspecified atom stereocenters. The minimum Gasteiger partial charge on any atom is -0.207 e. The maximum Gasteiger partial charge on any atom is 0.243 e. The van der Waals surface area contributed by atoms with Gasteiger partial charge in [0.1, 0.15) is 0 Å². The van der Waals surface area contributed by atoms with E-state index in [1.165, 1.54) is 11.6 Å². The number of hydrogen-bond acceptors (Lipinski definition) is 2. The number of sulfonamides is 1. The van der Waals surface area contributed by atoms with Crippen molar-refractivity contribution in [3.63, 3.8) is 0 Å². The molecule has 3 nitrogen and oxygen atoms in total. The summed E-state index contributed by atoms with van der Waals surface area (Å²) in [6.07, 6.45) is 1.84. The van der Waals surface area contributed by atoms with Gasteiger partial charge >= 0.3 is 0 Å². The van der Waals surface area contributed by atoms with Crippen LogP contribution in [0.25, 0.3) is 0 Å². The Hall–Kier alpha value is -1.36. The van der Waals surface area contributed by atoms with Crippen LogP contribution in [0.3, 0.4) is 0 Å². The highest BCUT2D eigenvalue weighted by atomic mass is 35.5. The molecular weight excluding hydrogens is 318 g/mol. The van der Waals surface area contributed by atoms with E-state index < -0.39 is 10.0 Å². The van der Waals surface area contributed by atoms with Gasteiger partial charge in [0.2, 0.25) is 10.0 Å². The normalized spacial score (nSPS) is 15.2. The first-order valence-corrected chi connectivity index (χ1v) is 9.11.